The molecule has 1 aromatic heterocycles. The largest absolute Gasteiger partial charge is 0.447 e. The summed E-state index contributed by atoms with van der Waals surface area (Å²) in [6.45, 7) is 4.72. The highest BCUT2D eigenvalue weighted by atomic mass is 19.1. The van der Waals surface area contributed by atoms with Gasteiger partial charge in [0.1, 0.15) is 18.8 Å². The maximum atomic E-state index is 16.0. The second-order valence-electron chi connectivity index (χ2n) is 8.51. The van der Waals surface area contributed by atoms with E-state index in [0.717, 1.165) is 4.90 Å². The Bertz CT molecular complexity index is 1030. The third kappa shape index (κ3) is 3.81. The zero-order valence-electron chi connectivity index (χ0n) is 18.3. The van der Waals surface area contributed by atoms with E-state index in [4.69, 9.17) is 23.5 Å². The Kier molecular flexibility index (Phi) is 5.87. The van der Waals surface area contributed by atoms with Crippen molar-refractivity contribution in [2.75, 3.05) is 49.3 Å². The first-order valence-electron chi connectivity index (χ1n) is 10.9. The molecule has 4 atom stereocenters. The Morgan fingerprint density at radius 2 is 1.94 bits per heavy atom. The van der Waals surface area contributed by atoms with Gasteiger partial charge in [0.15, 0.2) is 17.9 Å². The fourth-order valence-electron chi connectivity index (χ4n) is 4.69. The summed E-state index contributed by atoms with van der Waals surface area (Å²) in [7, 11) is 0. The number of rotatable bonds is 5. The highest BCUT2D eigenvalue weighted by Gasteiger charge is 2.42. The van der Waals surface area contributed by atoms with E-state index in [1.807, 2.05) is 18.7 Å². The maximum absolute atomic E-state index is 16.0. The van der Waals surface area contributed by atoms with E-state index in [-0.39, 0.29) is 41.3 Å². The normalized spacial score (nSPS) is 27.5. The lowest BCUT2D eigenvalue weighted by molar-refractivity contribution is -0.0445. The van der Waals surface area contributed by atoms with E-state index in [0.29, 0.717) is 31.9 Å². The molecule has 11 nitrogen and oxygen atoms in total. The van der Waals surface area contributed by atoms with E-state index < -0.39 is 37.0 Å². The number of aliphatic hydroxyl groups is 2. The van der Waals surface area contributed by atoms with Crippen LogP contribution in [0.1, 0.15) is 25.7 Å². The number of morpholine rings is 1. The quantitative estimate of drug-likeness (QED) is 0.664. The first kappa shape index (κ1) is 22.3. The minimum atomic E-state index is -1.27. The van der Waals surface area contributed by atoms with Crippen molar-refractivity contribution in [3.63, 3.8) is 0 Å². The van der Waals surface area contributed by atoms with Gasteiger partial charge in [-0.3, -0.25) is 0 Å². The molecule has 0 saturated carbocycles. The van der Waals surface area contributed by atoms with Crippen LogP contribution in [-0.4, -0.2) is 85.3 Å². The highest BCUT2D eigenvalue weighted by molar-refractivity contribution is 6.01. The van der Waals surface area contributed by atoms with Gasteiger partial charge in [-0.05, 0) is 19.9 Å². The van der Waals surface area contributed by atoms with Gasteiger partial charge in [0, 0.05) is 18.7 Å². The zero-order valence-corrected chi connectivity index (χ0v) is 18.3. The summed E-state index contributed by atoms with van der Waals surface area (Å²) in [6.07, 6.45) is -3.10. The van der Waals surface area contributed by atoms with Gasteiger partial charge in [-0.15, -0.1) is 0 Å². The summed E-state index contributed by atoms with van der Waals surface area (Å²) in [6, 6.07) is 0.732. The van der Waals surface area contributed by atoms with Crippen LogP contribution < -0.4 is 9.80 Å². The van der Waals surface area contributed by atoms with Gasteiger partial charge in [0.2, 0.25) is 5.58 Å². The molecule has 3 saturated heterocycles. The number of anilines is 2. The van der Waals surface area contributed by atoms with Crippen LogP contribution in [0.2, 0.25) is 0 Å². The van der Waals surface area contributed by atoms with Crippen LogP contribution in [0.15, 0.2) is 10.6 Å². The number of aromatic nitrogens is 1. The molecule has 3 aliphatic heterocycles. The van der Waals surface area contributed by atoms with Crippen molar-refractivity contribution < 1.29 is 42.9 Å². The number of ether oxygens (including phenoxy) is 4. The molecule has 180 valence electrons. The summed E-state index contributed by atoms with van der Waals surface area (Å²) >= 11 is 0. The van der Waals surface area contributed by atoms with E-state index in [1.54, 1.807) is 6.07 Å². The van der Waals surface area contributed by atoms with Crippen LogP contribution in [0, 0.1) is 5.82 Å². The molecule has 12 heteroatoms. The smallest absolute Gasteiger partial charge is 0.416 e. The van der Waals surface area contributed by atoms with E-state index in [2.05, 4.69) is 5.16 Å². The number of carbonyl (C=O) groups excluding carboxylic acids is 1. The first-order valence-corrected chi connectivity index (χ1v) is 10.9. The van der Waals surface area contributed by atoms with E-state index in [9.17, 15) is 15.0 Å². The number of cyclic esters (lactones) is 1. The molecule has 5 rings (SSSR count). The predicted molar refractivity (Wildman–Crippen MR) is 112 cm³/mol. The molecule has 33 heavy (non-hydrogen) atoms. The molecular formula is C21H26FN3O8. The van der Waals surface area contributed by atoms with Crippen LogP contribution in [0.25, 0.3) is 11.0 Å². The molecule has 1 aromatic carbocycles. The lowest BCUT2D eigenvalue weighted by Gasteiger charge is -2.38. The summed E-state index contributed by atoms with van der Waals surface area (Å²) < 4.78 is 43.6. The van der Waals surface area contributed by atoms with Gasteiger partial charge in [0.25, 0.3) is 0 Å². The first-order chi connectivity index (χ1) is 15.9. The van der Waals surface area contributed by atoms with Gasteiger partial charge in [-0.1, -0.05) is 5.16 Å². The third-order valence-electron chi connectivity index (χ3n) is 6.07. The molecule has 4 unspecified atom stereocenters. The Morgan fingerprint density at radius 1 is 1.24 bits per heavy atom. The van der Waals surface area contributed by atoms with Crippen LogP contribution in [0.5, 0.6) is 0 Å². The molecule has 0 aliphatic carbocycles. The Hall–Kier alpha value is -2.51. The SMILES string of the molecule is CC1CN(c2c(C3OCCO3)cc3c(N4C(=O)OCC4C(O)CO)noc3c2F)CC(C)O1. The summed E-state index contributed by atoms with van der Waals surface area (Å²) in [4.78, 5) is 15.4. The average molecular weight is 467 g/mol. The molecule has 2 aromatic rings. The topological polar surface area (TPSA) is 127 Å². The van der Waals surface area contributed by atoms with Gasteiger partial charge < -0.3 is 38.6 Å². The number of benzene rings is 1. The number of carbonyl (C=O) groups is 1. The zero-order chi connectivity index (χ0) is 23.3. The molecule has 0 radical (unpaired) electrons. The molecule has 1 amide bonds. The minimum Gasteiger partial charge on any atom is -0.447 e. The minimum absolute atomic E-state index is 0.0154. The molecule has 0 spiro atoms. The van der Waals surface area contributed by atoms with Crippen molar-refractivity contribution in [1.82, 2.24) is 5.16 Å². The van der Waals surface area contributed by atoms with Crippen LogP contribution >= 0.6 is 0 Å². The number of amides is 1. The second kappa shape index (κ2) is 8.69. The molecular weight excluding hydrogens is 441 g/mol. The number of nitrogens with zero attached hydrogens (tertiary/aromatic N) is 3. The van der Waals surface area contributed by atoms with Crippen molar-refractivity contribution in [2.24, 2.45) is 0 Å². The van der Waals surface area contributed by atoms with E-state index in [1.165, 1.54) is 0 Å². The van der Waals surface area contributed by atoms with Crippen molar-refractivity contribution in [3.8, 4) is 0 Å². The van der Waals surface area contributed by atoms with E-state index >= 15 is 4.39 Å². The molecule has 3 fully saturated rings. The molecule has 2 N–H and O–H groups in total. The van der Waals surface area contributed by atoms with Crippen molar-refractivity contribution >= 4 is 28.6 Å². The monoisotopic (exact) mass is 467 g/mol. The molecule has 3 aliphatic rings. The van der Waals surface area contributed by atoms with Gasteiger partial charge in [-0.2, -0.15) is 0 Å². The third-order valence-corrected chi connectivity index (χ3v) is 6.07. The molecule has 4 heterocycles. The number of fused-ring (bicyclic) bond motifs is 1. The summed E-state index contributed by atoms with van der Waals surface area (Å²) in [5, 5.41) is 23.7. The summed E-state index contributed by atoms with van der Waals surface area (Å²) in [5.74, 6) is -0.674. The van der Waals surface area contributed by atoms with Gasteiger partial charge in [0.05, 0.1) is 43.1 Å². The van der Waals surface area contributed by atoms with Crippen molar-refractivity contribution in [3.05, 3.63) is 17.4 Å². The fraction of sp³-hybridized carbons (Fsp3) is 0.619. The molecule has 0 bridgehead atoms. The number of hydrogen-bond acceptors (Lipinski definition) is 10. The Morgan fingerprint density at radius 3 is 2.61 bits per heavy atom. The highest BCUT2D eigenvalue weighted by Crippen LogP contribution is 2.42. The van der Waals surface area contributed by atoms with Crippen LogP contribution in [0.3, 0.4) is 0 Å². The maximum Gasteiger partial charge on any atom is 0.416 e. The number of hydrogen-bond donors (Lipinski definition) is 2. The summed E-state index contributed by atoms with van der Waals surface area (Å²) in [5.41, 5.74) is 0.565. The Labute approximate surface area is 188 Å². The lowest BCUT2D eigenvalue weighted by Crippen LogP contribution is -2.46. The van der Waals surface area contributed by atoms with Crippen LogP contribution in [-0.2, 0) is 18.9 Å². The predicted octanol–water partition coefficient (Wildman–Crippen LogP) is 1.30. The second-order valence-corrected chi connectivity index (χ2v) is 8.51. The van der Waals surface area contributed by atoms with Crippen molar-refractivity contribution in [2.45, 2.75) is 44.5 Å². The fourth-order valence-corrected chi connectivity index (χ4v) is 4.69. The van der Waals surface area contributed by atoms with Crippen LogP contribution in [0.4, 0.5) is 20.7 Å². The standard InChI is InChI=1S/C21H26FN3O8/c1-10-6-24(7-11(2)32-10)17-12(20-29-3-4-30-20)5-13-18(16(17)22)33-23-19(13)25-14(15(27)8-26)9-31-21(25)28/h5,10-11,14-15,20,26-27H,3-4,6-9H2,1-2H3. The Balaban J connectivity index is 1.65. The number of halogens is 1. The lowest BCUT2D eigenvalue weighted by atomic mass is 10.0. The average Bonchev–Trinajstić information content (AvgIpc) is 3.52. The van der Waals surface area contributed by atoms with Gasteiger partial charge >= 0.3 is 6.09 Å². The number of aliphatic hydroxyl groups excluding tert-OH is 2. The van der Waals surface area contributed by atoms with Gasteiger partial charge in [-0.25, -0.2) is 14.1 Å². The van der Waals surface area contributed by atoms with Crippen molar-refractivity contribution in [1.29, 1.82) is 0 Å².